The van der Waals surface area contributed by atoms with E-state index in [4.69, 9.17) is 13.8 Å². The molecule has 0 saturated heterocycles. The summed E-state index contributed by atoms with van der Waals surface area (Å²) in [6.45, 7) is 4.68. The zero-order valence-electron chi connectivity index (χ0n) is 33.2. The number of benzene rings is 9. The predicted octanol–water partition coefficient (Wildman–Crippen LogP) is 15.7. The molecule has 9 aromatic carbocycles. The van der Waals surface area contributed by atoms with Crippen LogP contribution in [-0.2, 0) is 5.41 Å². The highest BCUT2D eigenvalue weighted by atomic mass is 16.3. The number of furan rings is 1. The summed E-state index contributed by atoms with van der Waals surface area (Å²) in [4.78, 5) is 7.15. The van der Waals surface area contributed by atoms with Crippen LogP contribution in [0.5, 0.6) is 0 Å². The van der Waals surface area contributed by atoms with E-state index >= 15 is 0 Å². The number of hydrogen-bond acceptors (Lipinski definition) is 4. The Morgan fingerprint density at radius 3 is 1.90 bits per heavy atom. The van der Waals surface area contributed by atoms with E-state index in [0.29, 0.717) is 5.89 Å². The van der Waals surface area contributed by atoms with Gasteiger partial charge in [0.05, 0.1) is 5.69 Å². The lowest BCUT2D eigenvalue weighted by Gasteiger charge is -2.28. The highest BCUT2D eigenvalue weighted by Crippen LogP contribution is 2.52. The fourth-order valence-corrected chi connectivity index (χ4v) is 9.45. The molecule has 0 amide bonds. The minimum absolute atomic E-state index is 0.156. The highest BCUT2D eigenvalue weighted by Gasteiger charge is 2.36. The molecule has 0 saturated carbocycles. The molecule has 0 aliphatic heterocycles. The van der Waals surface area contributed by atoms with Gasteiger partial charge in [-0.25, -0.2) is 4.98 Å². The summed E-state index contributed by atoms with van der Waals surface area (Å²) in [6, 6.07) is 69.0. The highest BCUT2D eigenvalue weighted by molar-refractivity contribution is 6.23. The summed E-state index contributed by atoms with van der Waals surface area (Å²) in [6.07, 6.45) is 0. The van der Waals surface area contributed by atoms with Crippen molar-refractivity contribution in [3.05, 3.63) is 205 Å². The molecule has 0 unspecified atom stereocenters. The number of fused-ring (bicyclic) bond motifs is 9. The fraction of sp³-hybridized carbons (Fsp3) is 0.0536. The second-order valence-electron chi connectivity index (χ2n) is 16.4. The summed E-state index contributed by atoms with van der Waals surface area (Å²) in [7, 11) is 0. The molecular formula is C56H38N2O2. The predicted molar refractivity (Wildman–Crippen MR) is 247 cm³/mol. The zero-order chi connectivity index (χ0) is 40.0. The van der Waals surface area contributed by atoms with E-state index in [9.17, 15) is 0 Å². The molecule has 1 aliphatic carbocycles. The fourth-order valence-electron chi connectivity index (χ4n) is 9.45. The van der Waals surface area contributed by atoms with Gasteiger partial charge in [-0.15, -0.1) is 0 Å². The van der Waals surface area contributed by atoms with Gasteiger partial charge in [-0.1, -0.05) is 141 Å². The average molecular weight is 771 g/mol. The lowest BCUT2D eigenvalue weighted by molar-refractivity contribution is 0.620. The summed E-state index contributed by atoms with van der Waals surface area (Å²) in [5.74, 6) is 0.616. The molecule has 2 aromatic heterocycles. The zero-order valence-corrected chi connectivity index (χ0v) is 33.2. The number of rotatable bonds is 6. The van der Waals surface area contributed by atoms with Crippen LogP contribution in [0.1, 0.15) is 25.0 Å². The first-order chi connectivity index (χ1) is 29.5. The van der Waals surface area contributed by atoms with Gasteiger partial charge in [0.15, 0.2) is 11.2 Å². The van der Waals surface area contributed by atoms with Crippen molar-refractivity contribution >= 4 is 60.9 Å². The molecule has 0 spiro atoms. The molecule has 1 aliphatic rings. The van der Waals surface area contributed by atoms with Gasteiger partial charge in [0.25, 0.3) is 0 Å². The maximum absolute atomic E-state index is 7.13. The smallest absolute Gasteiger partial charge is 0.227 e. The van der Waals surface area contributed by atoms with E-state index < -0.39 is 0 Å². The summed E-state index contributed by atoms with van der Waals surface area (Å²) in [5.41, 5.74) is 16.9. The first-order valence-corrected chi connectivity index (χ1v) is 20.5. The van der Waals surface area contributed by atoms with Crippen LogP contribution in [0.2, 0.25) is 0 Å². The van der Waals surface area contributed by atoms with E-state index in [1.54, 1.807) is 0 Å². The number of oxazole rings is 1. The number of anilines is 3. The molecule has 12 rings (SSSR count). The molecule has 2 heterocycles. The molecule has 4 heteroatoms. The van der Waals surface area contributed by atoms with Crippen molar-refractivity contribution < 1.29 is 8.83 Å². The van der Waals surface area contributed by atoms with Gasteiger partial charge >= 0.3 is 0 Å². The summed E-state index contributed by atoms with van der Waals surface area (Å²) < 4.78 is 13.4. The maximum atomic E-state index is 7.13. The molecule has 0 atom stereocenters. The Bertz CT molecular complexity index is 3450. The molecule has 0 radical (unpaired) electrons. The van der Waals surface area contributed by atoms with Crippen LogP contribution >= 0.6 is 0 Å². The standard InChI is InChI=1S/C56H38N2O2/c1-56(2)47-20-12-11-19-44(47)45-29-27-42(34-48(45)56)58(41-25-21-36(22-26-41)35-13-5-3-6-14-35)50-31-40-17-9-10-18-43(40)53-46-28-23-38(32-51(46)59-54(50)53)39-24-30-49-52(33-39)60-55(57-49)37-15-7-4-8-16-37/h3-34H,1-2H3. The van der Waals surface area contributed by atoms with Crippen molar-refractivity contribution in [1.82, 2.24) is 4.98 Å². The maximum Gasteiger partial charge on any atom is 0.227 e. The monoisotopic (exact) mass is 770 g/mol. The van der Waals surface area contributed by atoms with Crippen LogP contribution in [0.3, 0.4) is 0 Å². The van der Waals surface area contributed by atoms with Crippen LogP contribution in [0.25, 0.3) is 88.6 Å². The van der Waals surface area contributed by atoms with Crippen LogP contribution in [0.15, 0.2) is 203 Å². The molecule has 0 fully saturated rings. The minimum atomic E-state index is -0.156. The first kappa shape index (κ1) is 34.4. The lowest BCUT2D eigenvalue weighted by atomic mass is 9.82. The average Bonchev–Trinajstić information content (AvgIpc) is 3.98. The third-order valence-corrected chi connectivity index (χ3v) is 12.5. The Kier molecular flexibility index (Phi) is 7.54. The van der Waals surface area contributed by atoms with Crippen molar-refractivity contribution in [1.29, 1.82) is 0 Å². The van der Waals surface area contributed by atoms with E-state index in [1.807, 2.05) is 36.4 Å². The third kappa shape index (κ3) is 5.34. The van der Waals surface area contributed by atoms with Crippen LogP contribution in [-0.4, -0.2) is 4.98 Å². The van der Waals surface area contributed by atoms with Crippen LogP contribution in [0, 0.1) is 0 Å². The number of hydrogen-bond donors (Lipinski definition) is 0. The van der Waals surface area contributed by atoms with E-state index in [-0.39, 0.29) is 5.41 Å². The van der Waals surface area contributed by atoms with Crippen LogP contribution in [0.4, 0.5) is 17.1 Å². The lowest BCUT2D eigenvalue weighted by Crippen LogP contribution is -2.16. The Morgan fingerprint density at radius 2 is 1.08 bits per heavy atom. The molecule has 60 heavy (non-hydrogen) atoms. The van der Waals surface area contributed by atoms with Crippen molar-refractivity contribution in [3.63, 3.8) is 0 Å². The van der Waals surface area contributed by atoms with Gasteiger partial charge in [0.1, 0.15) is 11.1 Å². The van der Waals surface area contributed by atoms with Gasteiger partial charge < -0.3 is 13.7 Å². The third-order valence-electron chi connectivity index (χ3n) is 12.5. The van der Waals surface area contributed by atoms with Gasteiger partial charge in [0.2, 0.25) is 5.89 Å². The quantitative estimate of drug-likeness (QED) is 0.169. The Labute approximate surface area is 347 Å². The molecule has 11 aromatic rings. The topological polar surface area (TPSA) is 42.4 Å². The van der Waals surface area contributed by atoms with E-state index in [0.717, 1.165) is 77.6 Å². The normalized spacial score (nSPS) is 13.0. The number of nitrogens with zero attached hydrogens (tertiary/aromatic N) is 2. The second-order valence-corrected chi connectivity index (χ2v) is 16.4. The molecule has 284 valence electrons. The van der Waals surface area contributed by atoms with Crippen molar-refractivity contribution in [3.8, 4) is 44.8 Å². The molecule has 0 bridgehead atoms. The minimum Gasteiger partial charge on any atom is -0.454 e. The van der Waals surface area contributed by atoms with Gasteiger partial charge in [-0.3, -0.25) is 0 Å². The summed E-state index contributed by atoms with van der Waals surface area (Å²) >= 11 is 0. The largest absolute Gasteiger partial charge is 0.454 e. The van der Waals surface area contributed by atoms with Gasteiger partial charge in [0, 0.05) is 33.1 Å². The van der Waals surface area contributed by atoms with E-state index in [1.165, 1.54) is 33.4 Å². The van der Waals surface area contributed by atoms with Gasteiger partial charge in [-0.05, 0) is 122 Å². The second kappa shape index (κ2) is 13.2. The summed E-state index contributed by atoms with van der Waals surface area (Å²) in [5, 5.41) is 4.48. The molecule has 0 N–H and O–H groups in total. The first-order valence-electron chi connectivity index (χ1n) is 20.5. The molecule has 4 nitrogen and oxygen atoms in total. The van der Waals surface area contributed by atoms with Crippen molar-refractivity contribution in [2.24, 2.45) is 0 Å². The Hall–Kier alpha value is -7.69. The van der Waals surface area contributed by atoms with Crippen molar-refractivity contribution in [2.75, 3.05) is 4.90 Å². The van der Waals surface area contributed by atoms with Crippen LogP contribution < -0.4 is 4.90 Å². The Balaban J connectivity index is 1.05. The van der Waals surface area contributed by atoms with Gasteiger partial charge in [-0.2, -0.15) is 0 Å². The SMILES string of the molecule is CC1(C)c2ccccc2-c2ccc(N(c3ccc(-c4ccccc4)cc3)c3cc4ccccc4c4c3oc3cc(-c5ccc6nc(-c7ccccc7)oc6c5)ccc34)cc21. The van der Waals surface area contributed by atoms with E-state index in [2.05, 4.69) is 176 Å². The van der Waals surface area contributed by atoms with Crippen molar-refractivity contribution in [2.45, 2.75) is 19.3 Å². The number of aromatic nitrogens is 1. The Morgan fingerprint density at radius 1 is 0.450 bits per heavy atom. The molecular weight excluding hydrogens is 733 g/mol.